The lowest BCUT2D eigenvalue weighted by Gasteiger charge is -2.72. The van der Waals surface area contributed by atoms with Crippen molar-refractivity contribution in [3.63, 3.8) is 0 Å². The van der Waals surface area contributed by atoms with Crippen LogP contribution in [0.3, 0.4) is 0 Å². The lowest BCUT2D eigenvalue weighted by Crippen LogP contribution is -2.66. The van der Waals surface area contributed by atoms with E-state index in [0.29, 0.717) is 31.3 Å². The van der Waals surface area contributed by atoms with Gasteiger partial charge in [-0.25, -0.2) is 9.97 Å². The number of hydrogen-bond donors (Lipinski definition) is 3. The minimum atomic E-state index is -1.17. The summed E-state index contributed by atoms with van der Waals surface area (Å²) in [7, 11) is 0. The summed E-state index contributed by atoms with van der Waals surface area (Å²) in [5.41, 5.74) is 1.28. The van der Waals surface area contributed by atoms with Gasteiger partial charge >= 0.3 is 11.9 Å². The second-order valence-corrected chi connectivity index (χ2v) is 19.4. The number of fused-ring (bicyclic) bond motifs is 7. The predicted octanol–water partition coefficient (Wildman–Crippen LogP) is 7.32. The summed E-state index contributed by atoms with van der Waals surface area (Å²) in [6, 6.07) is 1.88. The summed E-state index contributed by atoms with van der Waals surface area (Å²) >= 11 is 0. The van der Waals surface area contributed by atoms with Crippen LogP contribution >= 0.6 is 0 Å². The lowest BCUT2D eigenvalue weighted by molar-refractivity contribution is -0.235. The molecule has 9 nitrogen and oxygen atoms in total. The van der Waals surface area contributed by atoms with Gasteiger partial charge < -0.3 is 20.3 Å². The molecular weight excluding hydrogens is 642 g/mol. The Bertz CT molecular complexity index is 1570. The van der Waals surface area contributed by atoms with Crippen LogP contribution in [-0.4, -0.2) is 56.7 Å². The molecular formula is C42H63N3O6. The standard InChI is InChI=1S/C42H63N3O6/c1-25(2)34-28(46)20-42(31(47)23-44-22-26-14-19-43-24-45-26)18-17-40(8)27(35(34)42)10-11-30-39(7)15-13-32(51-33(48)21-37(3,4)36(49)50)38(5,6)29(39)12-16-41(30,40)9/h14,19,24-25,27,29-32,44,47H,10-13,15-18,20-23H2,1-9H3,(H,49,50). The number of allylic oxidation sites excluding steroid dienone is 1. The number of esters is 1. The van der Waals surface area contributed by atoms with Crippen LogP contribution in [0.15, 0.2) is 29.7 Å². The molecule has 0 saturated heterocycles. The Morgan fingerprint density at radius 3 is 2.37 bits per heavy atom. The van der Waals surface area contributed by atoms with Crippen LogP contribution in [0.2, 0.25) is 0 Å². The second kappa shape index (κ2) is 13.0. The molecule has 1 aromatic heterocycles. The first-order chi connectivity index (χ1) is 23.7. The first-order valence-corrected chi connectivity index (χ1v) is 19.6. The maximum atomic E-state index is 14.0. The largest absolute Gasteiger partial charge is 0.481 e. The van der Waals surface area contributed by atoms with Gasteiger partial charge in [0.1, 0.15) is 12.4 Å². The number of carboxylic acid groups (broad SMARTS) is 1. The number of aliphatic hydroxyl groups excluding tert-OH is 1. The molecule has 3 N–H and O–H groups in total. The average Bonchev–Trinajstić information content (AvgIpc) is 3.36. The maximum absolute atomic E-state index is 14.0. The number of nitrogens with one attached hydrogen (secondary N) is 1. The van der Waals surface area contributed by atoms with Crippen LogP contribution in [0.25, 0.3) is 0 Å². The van der Waals surface area contributed by atoms with Gasteiger partial charge in [0, 0.05) is 36.5 Å². The number of aliphatic hydroxyl groups is 1. The third-order valence-electron chi connectivity index (χ3n) is 15.8. The summed E-state index contributed by atoms with van der Waals surface area (Å²) in [5, 5.41) is 25.1. The normalized spacial score (nSPS) is 38.0. The molecule has 1 aromatic rings. The third-order valence-corrected chi connectivity index (χ3v) is 15.8. The van der Waals surface area contributed by atoms with E-state index in [-0.39, 0.29) is 51.8 Å². The number of carboxylic acids is 1. The number of aliphatic carboxylic acids is 1. The van der Waals surface area contributed by atoms with E-state index in [1.54, 1.807) is 20.0 Å². The average molecular weight is 706 g/mol. The molecule has 0 amide bonds. The van der Waals surface area contributed by atoms with Gasteiger partial charge in [0.15, 0.2) is 5.78 Å². The highest BCUT2D eigenvalue weighted by Crippen LogP contribution is 2.77. The number of hydrogen-bond acceptors (Lipinski definition) is 8. The van der Waals surface area contributed by atoms with Crippen molar-refractivity contribution in [2.45, 2.75) is 145 Å². The van der Waals surface area contributed by atoms with Crippen LogP contribution < -0.4 is 5.32 Å². The molecule has 4 fully saturated rings. The quantitative estimate of drug-likeness (QED) is 0.214. The first kappa shape index (κ1) is 38.1. The minimum Gasteiger partial charge on any atom is -0.481 e. The van der Waals surface area contributed by atoms with Crippen LogP contribution in [0.1, 0.15) is 132 Å². The van der Waals surface area contributed by atoms with Gasteiger partial charge in [-0.3, -0.25) is 14.4 Å². The molecule has 1 heterocycles. The molecule has 282 valence electrons. The zero-order valence-electron chi connectivity index (χ0n) is 32.6. The van der Waals surface area contributed by atoms with Crippen LogP contribution in [0.4, 0.5) is 0 Å². The van der Waals surface area contributed by atoms with Gasteiger partial charge in [-0.15, -0.1) is 0 Å². The van der Waals surface area contributed by atoms with Crippen LogP contribution in [0.5, 0.6) is 0 Å². The summed E-state index contributed by atoms with van der Waals surface area (Å²) in [5.74, 6) is 0.0184. The molecule has 9 heteroatoms. The van der Waals surface area contributed by atoms with Gasteiger partial charge in [-0.1, -0.05) is 54.0 Å². The number of aromatic nitrogens is 2. The van der Waals surface area contributed by atoms with E-state index in [9.17, 15) is 24.6 Å². The third kappa shape index (κ3) is 5.91. The number of ketones is 1. The van der Waals surface area contributed by atoms with Crippen molar-refractivity contribution >= 4 is 17.7 Å². The van der Waals surface area contributed by atoms with E-state index in [4.69, 9.17) is 4.74 Å². The summed E-state index contributed by atoms with van der Waals surface area (Å²) < 4.78 is 6.16. The molecule has 0 aliphatic heterocycles. The zero-order valence-corrected chi connectivity index (χ0v) is 32.6. The van der Waals surface area contributed by atoms with Gasteiger partial charge in [0.05, 0.1) is 23.6 Å². The summed E-state index contributed by atoms with van der Waals surface area (Å²) in [4.78, 5) is 47.1. The molecule has 5 aliphatic carbocycles. The molecule has 51 heavy (non-hydrogen) atoms. The fourth-order valence-corrected chi connectivity index (χ4v) is 12.9. The smallest absolute Gasteiger partial charge is 0.309 e. The molecule has 0 bridgehead atoms. The van der Waals surface area contributed by atoms with Gasteiger partial charge in [-0.05, 0) is 117 Å². The Kier molecular flexibility index (Phi) is 9.73. The topological polar surface area (TPSA) is 139 Å². The molecule has 0 aromatic carbocycles. The van der Waals surface area contributed by atoms with Crippen molar-refractivity contribution in [2.75, 3.05) is 6.54 Å². The fourth-order valence-electron chi connectivity index (χ4n) is 12.9. The maximum Gasteiger partial charge on any atom is 0.309 e. The second-order valence-electron chi connectivity index (χ2n) is 19.4. The number of nitrogens with zero attached hydrogens (tertiary/aromatic N) is 2. The lowest BCUT2D eigenvalue weighted by atomic mass is 9.33. The van der Waals surface area contributed by atoms with Crippen molar-refractivity contribution in [1.29, 1.82) is 0 Å². The van der Waals surface area contributed by atoms with E-state index in [1.807, 2.05) is 6.07 Å². The number of Topliss-reactive ketones (excluding diaryl/α,β-unsaturated/α-hetero) is 1. The fraction of sp³-hybridized carbons (Fsp3) is 0.786. The summed E-state index contributed by atoms with van der Waals surface area (Å²) in [6.07, 6.45) is 10.4. The Labute approximate surface area is 305 Å². The van der Waals surface area contributed by atoms with Crippen molar-refractivity contribution < 1.29 is 29.3 Å². The Hall–Kier alpha value is -2.65. The monoisotopic (exact) mass is 705 g/mol. The number of carbonyl (C=O) groups is 3. The van der Waals surface area contributed by atoms with Crippen molar-refractivity contribution in [3.05, 3.63) is 35.4 Å². The molecule has 5 aliphatic rings. The number of carbonyl (C=O) groups excluding carboxylic acids is 2. The van der Waals surface area contributed by atoms with E-state index >= 15 is 0 Å². The Balaban J connectivity index is 1.26. The van der Waals surface area contributed by atoms with E-state index in [0.717, 1.165) is 62.6 Å². The van der Waals surface area contributed by atoms with Crippen molar-refractivity contribution in [1.82, 2.24) is 15.3 Å². The van der Waals surface area contributed by atoms with Gasteiger partial charge in [-0.2, -0.15) is 0 Å². The number of ether oxygens (including phenoxy) is 1. The molecule has 9 unspecified atom stereocenters. The van der Waals surface area contributed by atoms with Gasteiger partial charge in [0.2, 0.25) is 0 Å². The molecule has 0 spiro atoms. The van der Waals surface area contributed by atoms with Crippen molar-refractivity contribution in [3.8, 4) is 0 Å². The SMILES string of the molecule is CC(C)C1=C2C3CCC4C5(C)CCC(OC(=O)CC(C)(C)C(=O)O)C(C)(C)C5CCC4(C)C3(C)CCC2(C(O)CNCc2ccncn2)CC1=O. The van der Waals surface area contributed by atoms with Crippen LogP contribution in [0, 0.1) is 56.2 Å². The molecule has 9 atom stereocenters. The highest BCUT2D eigenvalue weighted by atomic mass is 16.5. The van der Waals surface area contributed by atoms with E-state index in [2.05, 4.69) is 63.8 Å². The van der Waals surface area contributed by atoms with Crippen LogP contribution in [-0.2, 0) is 25.7 Å². The van der Waals surface area contributed by atoms with Gasteiger partial charge in [0.25, 0.3) is 0 Å². The molecule has 6 rings (SSSR count). The van der Waals surface area contributed by atoms with E-state index in [1.165, 1.54) is 11.9 Å². The minimum absolute atomic E-state index is 0.0164. The zero-order chi connectivity index (χ0) is 37.4. The summed E-state index contributed by atoms with van der Waals surface area (Å²) in [6.45, 7) is 20.5. The number of rotatable bonds is 10. The highest BCUT2D eigenvalue weighted by Gasteiger charge is 2.70. The predicted molar refractivity (Wildman–Crippen MR) is 195 cm³/mol. The van der Waals surface area contributed by atoms with Crippen molar-refractivity contribution in [2.24, 2.45) is 56.2 Å². The highest BCUT2D eigenvalue weighted by molar-refractivity contribution is 6.00. The first-order valence-electron chi connectivity index (χ1n) is 19.6. The Morgan fingerprint density at radius 1 is 1.00 bits per heavy atom. The Morgan fingerprint density at radius 2 is 1.73 bits per heavy atom. The molecule has 4 saturated carbocycles. The van der Waals surface area contributed by atoms with E-state index < -0.39 is 28.9 Å². The molecule has 0 radical (unpaired) electrons.